The summed E-state index contributed by atoms with van der Waals surface area (Å²) in [7, 11) is 0. The van der Waals surface area contributed by atoms with Crippen LogP contribution in [0.25, 0.3) is 22.4 Å². The Morgan fingerprint density at radius 1 is 0.926 bits per heavy atom. The average Bonchev–Trinajstić information content (AvgIpc) is 2.74. The smallest absolute Gasteiger partial charge is 0.137 e. The molecule has 0 bridgehead atoms. The van der Waals surface area contributed by atoms with E-state index in [2.05, 4.69) is 47.5 Å². The number of nitriles is 1. The maximum atomic E-state index is 8.89. The predicted octanol–water partition coefficient (Wildman–Crippen LogP) is 6.02. The van der Waals surface area contributed by atoms with Crippen molar-refractivity contribution >= 4 is 0 Å². The van der Waals surface area contributed by atoms with Crippen molar-refractivity contribution in [3.05, 3.63) is 84.6 Å². The van der Waals surface area contributed by atoms with Gasteiger partial charge in [-0.05, 0) is 55.2 Å². The number of allylic oxidation sites excluding steroid dienone is 2. The summed E-state index contributed by atoms with van der Waals surface area (Å²) in [6.45, 7) is 2.73. The Balaban J connectivity index is 1.63. The molecule has 3 rings (SSSR count). The lowest BCUT2D eigenvalue weighted by molar-refractivity contribution is 0.311. The number of unbranched alkanes of at least 4 members (excludes halogenated alkanes) is 1. The van der Waals surface area contributed by atoms with Gasteiger partial charge in [0.1, 0.15) is 5.75 Å². The molecule has 0 atom stereocenters. The highest BCUT2D eigenvalue weighted by molar-refractivity contribution is 5.69. The van der Waals surface area contributed by atoms with E-state index in [1.165, 1.54) is 0 Å². The lowest BCUT2D eigenvalue weighted by atomic mass is 10.0. The first-order valence-electron chi connectivity index (χ1n) is 9.11. The molecule has 134 valence electrons. The van der Waals surface area contributed by atoms with Crippen LogP contribution in [0.5, 0.6) is 5.75 Å². The normalized spacial score (nSPS) is 10.7. The van der Waals surface area contributed by atoms with Gasteiger partial charge in [-0.25, -0.2) is 0 Å². The number of pyridine rings is 1. The molecule has 2 aromatic carbocycles. The molecule has 27 heavy (non-hydrogen) atoms. The van der Waals surface area contributed by atoms with Crippen LogP contribution < -0.4 is 4.74 Å². The molecule has 0 fully saturated rings. The summed E-state index contributed by atoms with van der Waals surface area (Å²) in [4.78, 5) is 4.51. The highest BCUT2D eigenvalue weighted by Gasteiger charge is 2.03. The van der Waals surface area contributed by atoms with Crippen molar-refractivity contribution in [3.8, 4) is 34.2 Å². The van der Waals surface area contributed by atoms with Crippen LogP contribution in [0.1, 0.15) is 25.3 Å². The van der Waals surface area contributed by atoms with Gasteiger partial charge in [-0.2, -0.15) is 5.26 Å². The number of benzene rings is 2. The minimum atomic E-state index is 0.670. The van der Waals surface area contributed by atoms with Gasteiger partial charge in [-0.3, -0.25) is 4.98 Å². The van der Waals surface area contributed by atoms with E-state index in [9.17, 15) is 0 Å². The Hall–Kier alpha value is -3.38. The van der Waals surface area contributed by atoms with E-state index in [1.807, 2.05) is 43.3 Å². The predicted molar refractivity (Wildman–Crippen MR) is 109 cm³/mol. The molecule has 0 spiro atoms. The number of hydrogen-bond donors (Lipinski definition) is 0. The lowest BCUT2D eigenvalue weighted by Crippen LogP contribution is -1.97. The van der Waals surface area contributed by atoms with E-state index in [0.717, 1.165) is 41.0 Å². The van der Waals surface area contributed by atoms with Crippen molar-refractivity contribution in [1.29, 1.82) is 5.26 Å². The first-order chi connectivity index (χ1) is 13.3. The largest absolute Gasteiger partial charge is 0.492 e. The van der Waals surface area contributed by atoms with Crippen molar-refractivity contribution in [2.45, 2.75) is 19.8 Å². The zero-order chi connectivity index (χ0) is 18.9. The van der Waals surface area contributed by atoms with E-state index >= 15 is 0 Å². The number of hydrogen-bond acceptors (Lipinski definition) is 3. The monoisotopic (exact) mass is 354 g/mol. The molecular formula is C24H22N2O. The van der Waals surface area contributed by atoms with E-state index in [1.54, 1.807) is 6.20 Å². The molecule has 0 aliphatic rings. The fourth-order valence-corrected chi connectivity index (χ4v) is 2.76. The Labute approximate surface area is 160 Å². The van der Waals surface area contributed by atoms with Gasteiger partial charge in [0.25, 0.3) is 0 Å². The summed E-state index contributed by atoms with van der Waals surface area (Å²) >= 11 is 0. The van der Waals surface area contributed by atoms with Crippen molar-refractivity contribution in [2.24, 2.45) is 0 Å². The summed E-state index contributed by atoms with van der Waals surface area (Å²) in [5.74, 6) is 0.799. The minimum Gasteiger partial charge on any atom is -0.492 e. The fraction of sp³-hybridized carbons (Fsp3) is 0.167. The summed E-state index contributed by atoms with van der Waals surface area (Å²) in [6.07, 6.45) is 8.02. The molecule has 0 aliphatic heterocycles. The molecule has 3 nitrogen and oxygen atoms in total. The second-order valence-electron chi connectivity index (χ2n) is 6.21. The quantitative estimate of drug-likeness (QED) is 0.385. The zero-order valence-electron chi connectivity index (χ0n) is 15.4. The van der Waals surface area contributed by atoms with Crippen molar-refractivity contribution in [3.63, 3.8) is 0 Å². The van der Waals surface area contributed by atoms with Gasteiger partial charge in [-0.15, -0.1) is 0 Å². The molecule has 0 unspecified atom stereocenters. The summed E-state index contributed by atoms with van der Waals surface area (Å²) < 4.78 is 5.72. The summed E-state index contributed by atoms with van der Waals surface area (Å²) in [6, 6.07) is 22.0. The van der Waals surface area contributed by atoms with E-state index in [0.29, 0.717) is 12.2 Å². The SMILES string of the molecule is C/C=C/CCCOc1ccc(-c2ccc(-c3ccc(C#N)cc3)cc2)nc1. The number of rotatable bonds is 7. The van der Waals surface area contributed by atoms with Crippen LogP contribution in [-0.4, -0.2) is 11.6 Å². The molecule has 0 amide bonds. The first-order valence-corrected chi connectivity index (χ1v) is 9.11. The molecule has 0 N–H and O–H groups in total. The van der Waals surface area contributed by atoms with E-state index in [-0.39, 0.29) is 0 Å². The zero-order valence-corrected chi connectivity index (χ0v) is 15.4. The minimum absolute atomic E-state index is 0.670. The summed E-state index contributed by atoms with van der Waals surface area (Å²) in [5.41, 5.74) is 4.86. The third-order valence-electron chi connectivity index (χ3n) is 4.28. The van der Waals surface area contributed by atoms with Gasteiger partial charge < -0.3 is 4.74 Å². The molecule has 0 saturated carbocycles. The number of ether oxygens (including phenoxy) is 1. The third kappa shape index (κ3) is 5.05. The molecule has 3 aromatic rings. The van der Waals surface area contributed by atoms with Crippen LogP contribution in [0.4, 0.5) is 0 Å². The standard InChI is InChI=1S/C24H22N2O/c1-2-3-4-5-16-27-23-14-15-24(26-18-23)22-12-10-21(11-13-22)20-8-6-19(17-25)7-9-20/h2-3,6-15,18H,4-5,16H2,1H3/b3-2+. The van der Waals surface area contributed by atoms with Crippen LogP contribution in [-0.2, 0) is 0 Å². The van der Waals surface area contributed by atoms with Crippen LogP contribution >= 0.6 is 0 Å². The highest BCUT2D eigenvalue weighted by Crippen LogP contribution is 2.25. The lowest BCUT2D eigenvalue weighted by Gasteiger charge is -2.07. The van der Waals surface area contributed by atoms with Crippen molar-refractivity contribution < 1.29 is 4.74 Å². The second-order valence-corrected chi connectivity index (χ2v) is 6.21. The fourth-order valence-electron chi connectivity index (χ4n) is 2.76. The molecule has 0 aliphatic carbocycles. The number of nitrogens with zero attached hydrogens (tertiary/aromatic N) is 2. The Morgan fingerprint density at radius 2 is 1.59 bits per heavy atom. The third-order valence-corrected chi connectivity index (χ3v) is 4.28. The molecule has 3 heteroatoms. The van der Waals surface area contributed by atoms with Gasteiger partial charge in [0.2, 0.25) is 0 Å². The Bertz CT molecular complexity index is 918. The molecular weight excluding hydrogens is 332 g/mol. The number of aromatic nitrogens is 1. The van der Waals surface area contributed by atoms with Crippen molar-refractivity contribution in [2.75, 3.05) is 6.61 Å². The second kappa shape index (κ2) is 9.35. The average molecular weight is 354 g/mol. The van der Waals surface area contributed by atoms with E-state index < -0.39 is 0 Å². The topological polar surface area (TPSA) is 45.9 Å². The molecule has 0 radical (unpaired) electrons. The van der Waals surface area contributed by atoms with Gasteiger partial charge in [0, 0.05) is 5.56 Å². The molecule has 0 saturated heterocycles. The maximum absolute atomic E-state index is 8.89. The van der Waals surface area contributed by atoms with Gasteiger partial charge in [0.05, 0.1) is 30.1 Å². The first kappa shape index (κ1) is 18.4. The van der Waals surface area contributed by atoms with Crippen LogP contribution in [0.2, 0.25) is 0 Å². The van der Waals surface area contributed by atoms with Crippen LogP contribution in [0, 0.1) is 11.3 Å². The van der Waals surface area contributed by atoms with Crippen molar-refractivity contribution in [1.82, 2.24) is 4.98 Å². The van der Waals surface area contributed by atoms with Gasteiger partial charge in [-0.1, -0.05) is 48.6 Å². The van der Waals surface area contributed by atoms with Crippen LogP contribution in [0.3, 0.4) is 0 Å². The van der Waals surface area contributed by atoms with Gasteiger partial charge in [0.15, 0.2) is 0 Å². The Kier molecular flexibility index (Phi) is 6.38. The Morgan fingerprint density at radius 3 is 2.19 bits per heavy atom. The van der Waals surface area contributed by atoms with Crippen LogP contribution in [0.15, 0.2) is 79.0 Å². The summed E-state index contributed by atoms with van der Waals surface area (Å²) in [5, 5.41) is 8.89. The maximum Gasteiger partial charge on any atom is 0.137 e. The van der Waals surface area contributed by atoms with E-state index in [4.69, 9.17) is 10.00 Å². The molecule has 1 heterocycles. The molecule has 1 aromatic heterocycles. The highest BCUT2D eigenvalue weighted by atomic mass is 16.5. The van der Waals surface area contributed by atoms with Gasteiger partial charge >= 0.3 is 0 Å².